The topological polar surface area (TPSA) is 108 Å². The third-order valence-corrected chi connectivity index (χ3v) is 3.67. The summed E-state index contributed by atoms with van der Waals surface area (Å²) in [6.07, 6.45) is 1.58. The lowest BCUT2D eigenvalue weighted by Crippen LogP contribution is -2.14. The lowest BCUT2D eigenvalue weighted by molar-refractivity contribution is 0.305. The first-order chi connectivity index (χ1) is 10.0. The number of aromatic amines is 1. The van der Waals surface area contributed by atoms with Crippen LogP contribution in [0.25, 0.3) is 0 Å². The standard InChI is InChI=1S/C13H14N4O3S/c1-10-14-9-13(15-10)21(19,20)17-12-7-4-6-11(16-12)5-2-3-8-18/h4,6-7,9,18H,3,8H2,1H3,(H,14,15)(H,16,17). The van der Waals surface area contributed by atoms with Gasteiger partial charge in [-0.2, -0.15) is 8.42 Å². The van der Waals surface area contributed by atoms with Gasteiger partial charge in [-0.15, -0.1) is 0 Å². The van der Waals surface area contributed by atoms with Gasteiger partial charge in [-0.1, -0.05) is 12.0 Å². The summed E-state index contributed by atoms with van der Waals surface area (Å²) in [6, 6.07) is 4.83. The minimum absolute atomic E-state index is 0.0291. The minimum atomic E-state index is -3.75. The molecule has 0 aliphatic rings. The average molecular weight is 306 g/mol. The highest BCUT2D eigenvalue weighted by Gasteiger charge is 2.17. The molecule has 0 aliphatic carbocycles. The fourth-order valence-corrected chi connectivity index (χ4v) is 2.47. The SMILES string of the molecule is Cc1ncc(S(=O)(=O)Nc2cccc(C#CCCO)n2)[nH]1. The summed E-state index contributed by atoms with van der Waals surface area (Å²) in [5, 5.41) is 8.63. The van der Waals surface area contributed by atoms with Gasteiger partial charge in [-0.05, 0) is 25.0 Å². The highest BCUT2D eigenvalue weighted by atomic mass is 32.2. The van der Waals surface area contributed by atoms with E-state index in [4.69, 9.17) is 5.11 Å². The Morgan fingerprint density at radius 2 is 2.24 bits per heavy atom. The number of aliphatic hydroxyl groups is 1. The molecule has 2 aromatic heterocycles. The molecule has 0 atom stereocenters. The van der Waals surface area contributed by atoms with Crippen LogP contribution in [-0.2, 0) is 10.0 Å². The van der Waals surface area contributed by atoms with E-state index in [9.17, 15) is 8.42 Å². The number of pyridine rings is 1. The van der Waals surface area contributed by atoms with Gasteiger partial charge in [0.1, 0.15) is 17.3 Å². The molecule has 3 N–H and O–H groups in total. The summed E-state index contributed by atoms with van der Waals surface area (Å²) in [7, 11) is -3.75. The average Bonchev–Trinajstić information content (AvgIpc) is 2.87. The van der Waals surface area contributed by atoms with Crippen molar-refractivity contribution in [3.8, 4) is 11.8 Å². The first-order valence-corrected chi connectivity index (χ1v) is 7.61. The number of nitrogens with one attached hydrogen (secondary N) is 2. The molecule has 8 heteroatoms. The zero-order valence-electron chi connectivity index (χ0n) is 11.3. The largest absolute Gasteiger partial charge is 0.395 e. The number of H-pyrrole nitrogens is 1. The monoisotopic (exact) mass is 306 g/mol. The summed E-state index contributed by atoms with van der Waals surface area (Å²) in [5.41, 5.74) is 0.421. The van der Waals surface area contributed by atoms with E-state index in [0.29, 0.717) is 17.9 Å². The molecule has 0 bridgehead atoms. The van der Waals surface area contributed by atoms with Crippen LogP contribution >= 0.6 is 0 Å². The van der Waals surface area contributed by atoms with Gasteiger partial charge in [0.15, 0.2) is 5.03 Å². The molecule has 0 radical (unpaired) electrons. The molecule has 7 nitrogen and oxygen atoms in total. The Bertz CT molecular complexity index is 787. The quantitative estimate of drug-likeness (QED) is 0.719. The summed E-state index contributed by atoms with van der Waals surface area (Å²) in [4.78, 5) is 10.6. The molecule has 0 aliphatic heterocycles. The highest BCUT2D eigenvalue weighted by Crippen LogP contribution is 2.12. The van der Waals surface area contributed by atoms with E-state index in [1.807, 2.05) is 0 Å². The number of aryl methyl sites for hydroxylation is 1. The normalized spacial score (nSPS) is 10.8. The molecule has 0 saturated heterocycles. The third-order valence-electron chi connectivity index (χ3n) is 2.41. The van der Waals surface area contributed by atoms with E-state index >= 15 is 0 Å². The second-order valence-electron chi connectivity index (χ2n) is 4.12. The number of hydrogen-bond acceptors (Lipinski definition) is 5. The zero-order valence-corrected chi connectivity index (χ0v) is 12.1. The van der Waals surface area contributed by atoms with Gasteiger partial charge in [-0.3, -0.25) is 4.72 Å². The van der Waals surface area contributed by atoms with Gasteiger partial charge >= 0.3 is 0 Å². The Hall–Kier alpha value is -2.37. The fourth-order valence-electron chi connectivity index (χ4n) is 1.50. The summed E-state index contributed by atoms with van der Waals surface area (Å²) < 4.78 is 26.5. The number of anilines is 1. The van der Waals surface area contributed by atoms with Crippen molar-refractivity contribution in [2.75, 3.05) is 11.3 Å². The Morgan fingerprint density at radius 1 is 1.43 bits per heavy atom. The first-order valence-electron chi connectivity index (χ1n) is 6.12. The molecule has 0 fully saturated rings. The van der Waals surface area contributed by atoms with Crippen LogP contribution in [0.1, 0.15) is 17.9 Å². The maximum absolute atomic E-state index is 12.1. The van der Waals surface area contributed by atoms with Gasteiger partial charge in [0.05, 0.1) is 12.8 Å². The number of aliphatic hydroxyl groups excluding tert-OH is 1. The Balaban J connectivity index is 2.20. The summed E-state index contributed by atoms with van der Waals surface area (Å²) in [6.45, 7) is 1.63. The Kier molecular flexibility index (Phi) is 4.57. The second kappa shape index (κ2) is 6.39. The molecule has 0 unspecified atom stereocenters. The molecular weight excluding hydrogens is 292 g/mol. The van der Waals surface area contributed by atoms with E-state index in [-0.39, 0.29) is 17.5 Å². The summed E-state index contributed by atoms with van der Waals surface area (Å²) >= 11 is 0. The van der Waals surface area contributed by atoms with Crippen molar-refractivity contribution in [1.82, 2.24) is 15.0 Å². The van der Waals surface area contributed by atoms with Gasteiger partial charge < -0.3 is 10.1 Å². The van der Waals surface area contributed by atoms with Crippen LogP contribution in [0.4, 0.5) is 5.82 Å². The van der Waals surface area contributed by atoms with Crippen LogP contribution in [0.3, 0.4) is 0 Å². The van der Waals surface area contributed by atoms with Crippen LogP contribution in [0.2, 0.25) is 0 Å². The third kappa shape index (κ3) is 4.05. The van der Waals surface area contributed by atoms with Crippen LogP contribution in [-0.4, -0.2) is 35.1 Å². The van der Waals surface area contributed by atoms with E-state index in [1.165, 1.54) is 12.3 Å². The van der Waals surface area contributed by atoms with Crippen molar-refractivity contribution in [3.63, 3.8) is 0 Å². The van der Waals surface area contributed by atoms with Gasteiger partial charge in [0, 0.05) is 6.42 Å². The first kappa shape index (κ1) is 15.0. The fraction of sp³-hybridized carbons (Fsp3) is 0.231. The second-order valence-corrected chi connectivity index (χ2v) is 5.77. The predicted octanol–water partition coefficient (Wildman–Crippen LogP) is 0.648. The van der Waals surface area contributed by atoms with Crippen LogP contribution in [0.5, 0.6) is 0 Å². The molecule has 2 aromatic rings. The van der Waals surface area contributed by atoms with E-state index in [2.05, 4.69) is 31.5 Å². The summed E-state index contributed by atoms with van der Waals surface area (Å²) in [5.74, 6) is 6.13. The molecule has 2 heterocycles. The molecular formula is C13H14N4O3S. The van der Waals surface area contributed by atoms with E-state index in [1.54, 1.807) is 19.1 Å². The van der Waals surface area contributed by atoms with Crippen molar-refractivity contribution < 1.29 is 13.5 Å². The van der Waals surface area contributed by atoms with Gasteiger partial charge in [0.25, 0.3) is 10.0 Å². The van der Waals surface area contributed by atoms with Gasteiger partial charge in [0.2, 0.25) is 0 Å². The Labute approximate surface area is 122 Å². The molecule has 0 spiro atoms. The number of rotatable bonds is 4. The number of sulfonamides is 1. The maximum atomic E-state index is 12.1. The van der Waals surface area contributed by atoms with Crippen LogP contribution in [0.15, 0.2) is 29.4 Å². The molecule has 0 amide bonds. The lowest BCUT2D eigenvalue weighted by atomic mass is 10.3. The molecule has 110 valence electrons. The van der Waals surface area contributed by atoms with E-state index in [0.717, 1.165) is 0 Å². The van der Waals surface area contributed by atoms with Gasteiger partial charge in [-0.25, -0.2) is 9.97 Å². The number of hydrogen-bond donors (Lipinski definition) is 3. The van der Waals surface area contributed by atoms with Crippen molar-refractivity contribution >= 4 is 15.8 Å². The lowest BCUT2D eigenvalue weighted by Gasteiger charge is -2.05. The predicted molar refractivity (Wildman–Crippen MR) is 77.0 cm³/mol. The van der Waals surface area contributed by atoms with Crippen LogP contribution < -0.4 is 4.72 Å². The zero-order chi connectivity index (χ0) is 15.3. The van der Waals surface area contributed by atoms with Crippen molar-refractivity contribution in [2.45, 2.75) is 18.4 Å². The van der Waals surface area contributed by atoms with Crippen molar-refractivity contribution in [1.29, 1.82) is 0 Å². The number of imidazole rings is 1. The van der Waals surface area contributed by atoms with Crippen LogP contribution in [0, 0.1) is 18.8 Å². The van der Waals surface area contributed by atoms with Crippen molar-refractivity contribution in [2.24, 2.45) is 0 Å². The number of nitrogens with zero attached hydrogens (tertiary/aromatic N) is 2. The minimum Gasteiger partial charge on any atom is -0.395 e. The smallest absolute Gasteiger partial charge is 0.280 e. The molecule has 2 rings (SSSR count). The highest BCUT2D eigenvalue weighted by molar-refractivity contribution is 7.92. The Morgan fingerprint density at radius 3 is 2.90 bits per heavy atom. The molecule has 21 heavy (non-hydrogen) atoms. The molecule has 0 aromatic carbocycles. The molecule has 0 saturated carbocycles. The van der Waals surface area contributed by atoms with Crippen molar-refractivity contribution in [3.05, 3.63) is 35.9 Å². The number of aromatic nitrogens is 3. The maximum Gasteiger partial charge on any atom is 0.280 e. The van der Waals surface area contributed by atoms with E-state index < -0.39 is 10.0 Å².